The van der Waals surface area contributed by atoms with Crippen LogP contribution < -0.4 is 5.32 Å². The molecular weight excluding hydrogens is 258 g/mol. The van der Waals surface area contributed by atoms with Crippen LogP contribution in [0.15, 0.2) is 22.9 Å². The van der Waals surface area contributed by atoms with Crippen molar-refractivity contribution in [3.63, 3.8) is 0 Å². The molecule has 5 heteroatoms. The molecule has 0 radical (unpaired) electrons. The van der Waals surface area contributed by atoms with Crippen molar-refractivity contribution in [1.29, 1.82) is 0 Å². The van der Waals surface area contributed by atoms with Crippen molar-refractivity contribution < 1.29 is 4.79 Å². The van der Waals surface area contributed by atoms with Crippen LogP contribution in [-0.4, -0.2) is 35.4 Å². The minimum atomic E-state index is -0.103. The summed E-state index contributed by atoms with van der Waals surface area (Å²) in [4.78, 5) is 17.4. The van der Waals surface area contributed by atoms with Gasteiger partial charge in [0.2, 0.25) is 5.91 Å². The Morgan fingerprint density at radius 2 is 2.47 bits per heavy atom. The number of carbonyl (C=O) groups excluding carboxylic acids is 1. The Balaban J connectivity index is 2.10. The van der Waals surface area contributed by atoms with Crippen LogP contribution in [0.1, 0.15) is 6.42 Å². The molecular formula is C10H12BrN3O. The van der Waals surface area contributed by atoms with Gasteiger partial charge in [-0.1, -0.05) is 0 Å². The summed E-state index contributed by atoms with van der Waals surface area (Å²) in [6.45, 7) is 0.819. The van der Waals surface area contributed by atoms with Crippen molar-refractivity contribution in [2.24, 2.45) is 0 Å². The van der Waals surface area contributed by atoms with Crippen LogP contribution in [0.3, 0.4) is 0 Å². The van der Waals surface area contributed by atoms with E-state index in [1.165, 1.54) is 0 Å². The average Bonchev–Trinajstić information content (AvgIpc) is 2.53. The first kappa shape index (κ1) is 10.4. The summed E-state index contributed by atoms with van der Waals surface area (Å²) in [5.74, 6) is 0.152. The minimum Gasteiger partial charge on any atom is -0.373 e. The van der Waals surface area contributed by atoms with Gasteiger partial charge in [0.15, 0.2) is 0 Å². The summed E-state index contributed by atoms with van der Waals surface area (Å²) in [7, 11) is 1.83. The molecule has 2 rings (SSSR count). The van der Waals surface area contributed by atoms with E-state index in [4.69, 9.17) is 0 Å². The highest BCUT2D eigenvalue weighted by atomic mass is 79.9. The van der Waals surface area contributed by atoms with Crippen molar-refractivity contribution in [2.45, 2.75) is 12.5 Å². The summed E-state index contributed by atoms with van der Waals surface area (Å²) in [6.07, 6.45) is 4.27. The van der Waals surface area contributed by atoms with Crippen LogP contribution in [0.25, 0.3) is 0 Å². The SMILES string of the molecule is CN1CCC(Nc2ccncc2Br)C1=O. The van der Waals surface area contributed by atoms with Gasteiger partial charge in [0.05, 0.1) is 10.2 Å². The van der Waals surface area contributed by atoms with E-state index < -0.39 is 0 Å². The lowest BCUT2D eigenvalue weighted by Gasteiger charge is -2.14. The third-order valence-corrected chi connectivity index (χ3v) is 3.16. The first-order chi connectivity index (χ1) is 7.18. The van der Waals surface area contributed by atoms with Crippen LogP contribution in [0.4, 0.5) is 5.69 Å². The van der Waals surface area contributed by atoms with Gasteiger partial charge in [0.25, 0.3) is 0 Å². The molecule has 2 heterocycles. The number of likely N-dealkylation sites (N-methyl/N-ethyl adjacent to an activating group) is 1. The lowest BCUT2D eigenvalue weighted by Crippen LogP contribution is -2.31. The zero-order valence-electron chi connectivity index (χ0n) is 8.40. The molecule has 1 saturated heterocycles. The number of likely N-dealkylation sites (tertiary alicyclic amines) is 1. The first-order valence-corrected chi connectivity index (χ1v) is 5.59. The number of rotatable bonds is 2. The van der Waals surface area contributed by atoms with E-state index in [0.717, 1.165) is 23.1 Å². The number of hydrogen-bond donors (Lipinski definition) is 1. The minimum absolute atomic E-state index is 0.103. The first-order valence-electron chi connectivity index (χ1n) is 4.79. The quantitative estimate of drug-likeness (QED) is 0.885. The van der Waals surface area contributed by atoms with Gasteiger partial charge >= 0.3 is 0 Å². The molecule has 15 heavy (non-hydrogen) atoms. The summed E-state index contributed by atoms with van der Waals surface area (Å²) in [5, 5.41) is 3.21. The number of hydrogen-bond acceptors (Lipinski definition) is 3. The lowest BCUT2D eigenvalue weighted by molar-refractivity contribution is -0.127. The number of carbonyl (C=O) groups is 1. The molecule has 1 amide bonds. The molecule has 0 saturated carbocycles. The topological polar surface area (TPSA) is 45.2 Å². The third-order valence-electron chi connectivity index (χ3n) is 2.53. The van der Waals surface area contributed by atoms with Crippen molar-refractivity contribution >= 4 is 27.5 Å². The van der Waals surface area contributed by atoms with Crippen LogP contribution >= 0.6 is 15.9 Å². The zero-order valence-corrected chi connectivity index (χ0v) is 9.99. The van der Waals surface area contributed by atoms with E-state index >= 15 is 0 Å². The smallest absolute Gasteiger partial charge is 0.244 e. The molecule has 4 nitrogen and oxygen atoms in total. The second kappa shape index (κ2) is 4.18. The highest BCUT2D eigenvalue weighted by Gasteiger charge is 2.28. The zero-order chi connectivity index (χ0) is 10.8. The molecule has 80 valence electrons. The maximum absolute atomic E-state index is 11.7. The number of anilines is 1. The Bertz CT molecular complexity index is 383. The van der Waals surface area contributed by atoms with Crippen molar-refractivity contribution in [2.75, 3.05) is 18.9 Å². The largest absolute Gasteiger partial charge is 0.373 e. The predicted octanol–water partition coefficient (Wildman–Crippen LogP) is 1.49. The normalized spacial score (nSPS) is 20.8. The maximum atomic E-state index is 11.7. The molecule has 1 fully saturated rings. The monoisotopic (exact) mass is 269 g/mol. The van der Waals surface area contributed by atoms with Gasteiger partial charge in [-0.3, -0.25) is 9.78 Å². The van der Waals surface area contributed by atoms with E-state index in [-0.39, 0.29) is 11.9 Å². The fourth-order valence-corrected chi connectivity index (χ4v) is 2.00. The highest BCUT2D eigenvalue weighted by molar-refractivity contribution is 9.10. The van der Waals surface area contributed by atoms with Gasteiger partial charge in [0, 0.05) is 26.0 Å². The highest BCUT2D eigenvalue weighted by Crippen LogP contribution is 2.23. The average molecular weight is 270 g/mol. The molecule has 1 aromatic rings. The molecule has 1 unspecified atom stereocenters. The van der Waals surface area contributed by atoms with E-state index in [9.17, 15) is 4.79 Å². The van der Waals surface area contributed by atoms with Crippen molar-refractivity contribution in [1.82, 2.24) is 9.88 Å². The van der Waals surface area contributed by atoms with Gasteiger partial charge in [0.1, 0.15) is 6.04 Å². The number of nitrogens with zero attached hydrogens (tertiary/aromatic N) is 2. The van der Waals surface area contributed by atoms with Gasteiger partial charge < -0.3 is 10.2 Å². The molecule has 1 N–H and O–H groups in total. The predicted molar refractivity (Wildman–Crippen MR) is 61.6 cm³/mol. The van der Waals surface area contributed by atoms with E-state index in [1.807, 2.05) is 13.1 Å². The summed E-state index contributed by atoms with van der Waals surface area (Å²) >= 11 is 3.39. The summed E-state index contributed by atoms with van der Waals surface area (Å²) < 4.78 is 0.882. The Hall–Kier alpha value is -1.10. The molecule has 0 bridgehead atoms. The van der Waals surface area contributed by atoms with Crippen LogP contribution in [0.5, 0.6) is 0 Å². The van der Waals surface area contributed by atoms with Crippen LogP contribution in [0.2, 0.25) is 0 Å². The molecule has 0 aromatic carbocycles. The molecule has 1 atom stereocenters. The summed E-state index contributed by atoms with van der Waals surface area (Å²) in [6, 6.07) is 1.75. The maximum Gasteiger partial charge on any atom is 0.244 e. The van der Waals surface area contributed by atoms with Gasteiger partial charge in [-0.15, -0.1) is 0 Å². The Kier molecular flexibility index (Phi) is 2.90. The molecule has 1 aliphatic heterocycles. The van der Waals surface area contributed by atoms with E-state index in [2.05, 4.69) is 26.2 Å². The molecule has 0 spiro atoms. The van der Waals surface area contributed by atoms with E-state index in [1.54, 1.807) is 17.3 Å². The Morgan fingerprint density at radius 3 is 3.07 bits per heavy atom. The van der Waals surface area contributed by atoms with Gasteiger partial charge in [-0.2, -0.15) is 0 Å². The number of amides is 1. The van der Waals surface area contributed by atoms with E-state index in [0.29, 0.717) is 0 Å². The standard InChI is InChI=1S/C10H12BrN3O/c1-14-5-3-9(10(14)15)13-8-2-4-12-6-7(8)11/h2,4,6,9H,3,5H2,1H3,(H,12,13). The lowest BCUT2D eigenvalue weighted by atomic mass is 10.2. The number of halogens is 1. The second-order valence-corrected chi connectivity index (χ2v) is 4.46. The molecule has 0 aliphatic carbocycles. The molecule has 1 aromatic heterocycles. The van der Waals surface area contributed by atoms with Crippen LogP contribution in [0, 0.1) is 0 Å². The fraction of sp³-hybridized carbons (Fsp3) is 0.400. The number of aromatic nitrogens is 1. The Morgan fingerprint density at radius 1 is 1.67 bits per heavy atom. The van der Waals surface area contributed by atoms with Gasteiger partial charge in [-0.25, -0.2) is 0 Å². The number of nitrogens with one attached hydrogen (secondary N) is 1. The van der Waals surface area contributed by atoms with Crippen molar-refractivity contribution in [3.8, 4) is 0 Å². The Labute approximate surface area is 96.8 Å². The summed E-state index contributed by atoms with van der Waals surface area (Å²) in [5.41, 5.74) is 0.915. The molecule has 1 aliphatic rings. The van der Waals surface area contributed by atoms with Gasteiger partial charge in [-0.05, 0) is 28.4 Å². The number of pyridine rings is 1. The fourth-order valence-electron chi connectivity index (χ4n) is 1.64. The van der Waals surface area contributed by atoms with Crippen LogP contribution in [-0.2, 0) is 4.79 Å². The third kappa shape index (κ3) is 2.12. The second-order valence-electron chi connectivity index (χ2n) is 3.60. The van der Waals surface area contributed by atoms with Crippen molar-refractivity contribution in [3.05, 3.63) is 22.9 Å².